The Morgan fingerprint density at radius 3 is 2.73 bits per heavy atom. The molecule has 2 heterocycles. The largest absolute Gasteiger partial charge is 0.356 e. The average Bonchev–Trinajstić information content (AvgIpc) is 3.11. The Bertz CT molecular complexity index is 592. The fourth-order valence-corrected chi connectivity index (χ4v) is 3.53. The van der Waals surface area contributed by atoms with Gasteiger partial charge in [0, 0.05) is 30.3 Å². The van der Waals surface area contributed by atoms with Crippen molar-refractivity contribution < 1.29 is 0 Å². The molecule has 2 N–H and O–H groups in total. The molecule has 0 amide bonds. The number of aryl methyl sites for hydroxylation is 2. The van der Waals surface area contributed by atoms with Crippen molar-refractivity contribution in [3.63, 3.8) is 0 Å². The minimum atomic E-state index is 0. The van der Waals surface area contributed by atoms with Gasteiger partial charge in [-0.05, 0) is 30.4 Å². The molecule has 22 heavy (non-hydrogen) atoms. The molecule has 0 spiro atoms. The average molecular weight is 450 g/mol. The molecule has 0 aromatic carbocycles. The van der Waals surface area contributed by atoms with Gasteiger partial charge < -0.3 is 10.6 Å². The Morgan fingerprint density at radius 2 is 2.14 bits per heavy atom. The molecule has 0 fully saturated rings. The molecule has 2 aromatic rings. The highest BCUT2D eigenvalue weighted by Crippen LogP contribution is 2.14. The molecule has 2 rings (SSSR count). The van der Waals surface area contributed by atoms with Gasteiger partial charge in [-0.1, -0.05) is 6.92 Å². The second-order valence-corrected chi connectivity index (χ2v) is 6.66. The number of thiazole rings is 1. The maximum Gasteiger partial charge on any atom is 0.191 e. The number of aromatic nitrogens is 1. The third-order valence-corrected chi connectivity index (χ3v) is 5.25. The van der Waals surface area contributed by atoms with Gasteiger partial charge in [0.1, 0.15) is 0 Å². The predicted molar refractivity (Wildman–Crippen MR) is 108 cm³/mol. The maximum absolute atomic E-state index is 4.57. The summed E-state index contributed by atoms with van der Waals surface area (Å²) in [6.07, 6.45) is 1.94. The van der Waals surface area contributed by atoms with Crippen LogP contribution in [0.15, 0.2) is 21.8 Å². The molecule has 7 heteroatoms. The summed E-state index contributed by atoms with van der Waals surface area (Å²) in [6, 6.07) is 2.14. The van der Waals surface area contributed by atoms with Gasteiger partial charge in [-0.15, -0.1) is 46.7 Å². The molecule has 0 atom stereocenters. The van der Waals surface area contributed by atoms with E-state index in [0.29, 0.717) is 0 Å². The summed E-state index contributed by atoms with van der Waals surface area (Å²) in [5, 5.41) is 12.2. The molecule has 0 unspecified atom stereocenters. The highest BCUT2D eigenvalue weighted by Gasteiger charge is 2.03. The van der Waals surface area contributed by atoms with Crippen LogP contribution in [0, 0.1) is 6.92 Å². The van der Waals surface area contributed by atoms with Crippen LogP contribution in [0.4, 0.5) is 0 Å². The number of thiophene rings is 1. The first-order valence-electron chi connectivity index (χ1n) is 7.13. The SMILES string of the molecule is CCc1nc(CCNC(=NC)NCc2sccc2C)cs1.I. The van der Waals surface area contributed by atoms with Crippen LogP contribution in [-0.4, -0.2) is 24.5 Å². The van der Waals surface area contributed by atoms with Crippen molar-refractivity contribution in [1.82, 2.24) is 15.6 Å². The Hall–Kier alpha value is -0.670. The Balaban J connectivity index is 0.00000242. The van der Waals surface area contributed by atoms with E-state index in [1.54, 1.807) is 29.7 Å². The lowest BCUT2D eigenvalue weighted by Crippen LogP contribution is -2.37. The summed E-state index contributed by atoms with van der Waals surface area (Å²) in [7, 11) is 1.80. The first-order valence-corrected chi connectivity index (χ1v) is 8.89. The van der Waals surface area contributed by atoms with Crippen LogP contribution in [0.1, 0.15) is 28.1 Å². The minimum absolute atomic E-state index is 0. The summed E-state index contributed by atoms with van der Waals surface area (Å²) >= 11 is 3.51. The van der Waals surface area contributed by atoms with Gasteiger partial charge in [0.05, 0.1) is 17.2 Å². The second-order valence-electron chi connectivity index (χ2n) is 4.72. The van der Waals surface area contributed by atoms with E-state index in [9.17, 15) is 0 Å². The van der Waals surface area contributed by atoms with Crippen LogP contribution < -0.4 is 10.6 Å². The fraction of sp³-hybridized carbons (Fsp3) is 0.467. The molecule has 0 aliphatic carbocycles. The predicted octanol–water partition coefficient (Wildman–Crippen LogP) is 3.60. The van der Waals surface area contributed by atoms with Crippen molar-refractivity contribution in [2.24, 2.45) is 4.99 Å². The zero-order chi connectivity index (χ0) is 15.1. The monoisotopic (exact) mass is 450 g/mol. The number of nitrogens with zero attached hydrogens (tertiary/aromatic N) is 2. The van der Waals surface area contributed by atoms with Crippen LogP contribution in [0.5, 0.6) is 0 Å². The lowest BCUT2D eigenvalue weighted by molar-refractivity contribution is 0.787. The van der Waals surface area contributed by atoms with Crippen LogP contribution >= 0.6 is 46.7 Å². The van der Waals surface area contributed by atoms with Crippen molar-refractivity contribution in [2.75, 3.05) is 13.6 Å². The number of hydrogen-bond donors (Lipinski definition) is 2. The topological polar surface area (TPSA) is 49.3 Å². The van der Waals surface area contributed by atoms with Crippen molar-refractivity contribution in [1.29, 1.82) is 0 Å². The zero-order valence-electron chi connectivity index (χ0n) is 13.2. The highest BCUT2D eigenvalue weighted by atomic mass is 127. The van der Waals surface area contributed by atoms with E-state index in [2.05, 4.69) is 51.3 Å². The van der Waals surface area contributed by atoms with E-state index >= 15 is 0 Å². The van der Waals surface area contributed by atoms with Crippen LogP contribution in [0.2, 0.25) is 0 Å². The maximum atomic E-state index is 4.57. The van der Waals surface area contributed by atoms with Crippen molar-refractivity contribution in [3.05, 3.63) is 38.0 Å². The lowest BCUT2D eigenvalue weighted by Gasteiger charge is -2.11. The molecule has 122 valence electrons. The summed E-state index contributed by atoms with van der Waals surface area (Å²) in [5.41, 5.74) is 2.49. The van der Waals surface area contributed by atoms with E-state index < -0.39 is 0 Å². The molecule has 0 saturated heterocycles. The molecule has 0 aliphatic heterocycles. The molecular formula is C15H23IN4S2. The fourth-order valence-electron chi connectivity index (χ4n) is 1.90. The van der Waals surface area contributed by atoms with E-state index in [0.717, 1.165) is 37.6 Å². The minimum Gasteiger partial charge on any atom is -0.356 e. The number of hydrogen-bond acceptors (Lipinski definition) is 4. The molecule has 4 nitrogen and oxygen atoms in total. The number of nitrogens with one attached hydrogen (secondary N) is 2. The van der Waals surface area contributed by atoms with Gasteiger partial charge >= 0.3 is 0 Å². The summed E-state index contributed by atoms with van der Waals surface area (Å²) < 4.78 is 0. The first kappa shape index (κ1) is 19.4. The van der Waals surface area contributed by atoms with Gasteiger partial charge in [-0.2, -0.15) is 0 Å². The standard InChI is InChI=1S/C15H22N4S2.HI/c1-4-14-19-12(10-21-14)5-7-17-15(16-3)18-9-13-11(2)6-8-20-13;/h6,8,10H,4-5,7,9H2,1-3H3,(H2,16,17,18);1H. The van der Waals surface area contributed by atoms with Gasteiger partial charge in [-0.25, -0.2) is 4.98 Å². The van der Waals surface area contributed by atoms with Gasteiger partial charge in [0.2, 0.25) is 0 Å². The van der Waals surface area contributed by atoms with Gasteiger partial charge in [0.15, 0.2) is 5.96 Å². The highest BCUT2D eigenvalue weighted by molar-refractivity contribution is 14.0. The molecule has 0 aliphatic rings. The molecule has 2 aromatic heterocycles. The summed E-state index contributed by atoms with van der Waals surface area (Å²) in [4.78, 5) is 10.2. The first-order chi connectivity index (χ1) is 10.2. The summed E-state index contributed by atoms with van der Waals surface area (Å²) in [6.45, 7) is 5.94. The van der Waals surface area contributed by atoms with E-state index in [4.69, 9.17) is 0 Å². The molecular weight excluding hydrogens is 427 g/mol. The number of guanidine groups is 1. The Kier molecular flexibility index (Phi) is 8.96. The molecule has 0 bridgehead atoms. The summed E-state index contributed by atoms with van der Waals surface area (Å²) in [5.74, 6) is 0.841. The number of halogens is 1. The van der Waals surface area contributed by atoms with Crippen molar-refractivity contribution in [3.8, 4) is 0 Å². The van der Waals surface area contributed by atoms with Crippen LogP contribution in [0.3, 0.4) is 0 Å². The molecule has 0 saturated carbocycles. The normalized spacial score (nSPS) is 11.1. The van der Waals surface area contributed by atoms with Crippen molar-refractivity contribution >= 4 is 52.6 Å². The third-order valence-electron chi connectivity index (χ3n) is 3.18. The van der Waals surface area contributed by atoms with Gasteiger partial charge in [-0.3, -0.25) is 4.99 Å². The van der Waals surface area contributed by atoms with Crippen LogP contribution in [-0.2, 0) is 19.4 Å². The Labute approximate surface area is 157 Å². The number of rotatable bonds is 6. The van der Waals surface area contributed by atoms with E-state index in [1.165, 1.54) is 15.4 Å². The number of aliphatic imine (C=N–C) groups is 1. The van der Waals surface area contributed by atoms with Gasteiger partial charge in [0.25, 0.3) is 0 Å². The van der Waals surface area contributed by atoms with Crippen molar-refractivity contribution in [2.45, 2.75) is 33.2 Å². The van der Waals surface area contributed by atoms with E-state index in [-0.39, 0.29) is 24.0 Å². The lowest BCUT2D eigenvalue weighted by atomic mass is 10.3. The Morgan fingerprint density at radius 1 is 1.32 bits per heavy atom. The van der Waals surface area contributed by atoms with E-state index in [1.807, 2.05) is 0 Å². The second kappa shape index (κ2) is 10.2. The zero-order valence-corrected chi connectivity index (χ0v) is 17.1. The third kappa shape index (κ3) is 5.85. The smallest absolute Gasteiger partial charge is 0.191 e. The quantitative estimate of drug-likeness (QED) is 0.402. The van der Waals surface area contributed by atoms with Crippen LogP contribution in [0.25, 0.3) is 0 Å². The molecule has 0 radical (unpaired) electrons.